The fraction of sp³-hybridized carbons (Fsp3) is 0.722. The predicted octanol–water partition coefficient (Wildman–Crippen LogP) is 1.91. The molecule has 0 saturated carbocycles. The summed E-state index contributed by atoms with van der Waals surface area (Å²) in [5.74, 6) is 2.46. The van der Waals surface area contributed by atoms with Crippen molar-refractivity contribution >= 4 is 36.5 Å². The zero-order chi connectivity index (χ0) is 17.6. The van der Waals surface area contributed by atoms with Crippen LogP contribution in [0.1, 0.15) is 43.1 Å². The van der Waals surface area contributed by atoms with Crippen molar-refractivity contribution in [1.82, 2.24) is 14.9 Å². The number of anilines is 1. The molecule has 2 saturated heterocycles. The number of nitrogens with zero attached hydrogens (tertiary/aromatic N) is 4. The number of nitrogens with two attached hydrogens (primary N) is 1. The minimum absolute atomic E-state index is 0. The molecule has 7 nitrogen and oxygen atoms in total. The molecule has 0 spiro atoms. The number of aromatic nitrogens is 2. The highest BCUT2D eigenvalue weighted by Crippen LogP contribution is 2.29. The third-order valence-electron chi connectivity index (χ3n) is 5.04. The predicted molar refractivity (Wildman–Crippen MR) is 111 cm³/mol. The van der Waals surface area contributed by atoms with E-state index in [2.05, 4.69) is 20.9 Å². The lowest BCUT2D eigenvalue weighted by atomic mass is 9.93. The molecule has 0 aliphatic carbocycles. The standard InChI is InChI=1S/C18H29N5O2.2ClH/c1-14-20-16(13-17(21-14)22-9-11-25-12-10-22)15-4-7-23(8-5-15)18(24)3-2-6-19;;/h13,15H,2-12,19H2,1H3;2*1H. The summed E-state index contributed by atoms with van der Waals surface area (Å²) >= 11 is 0. The van der Waals surface area contributed by atoms with E-state index >= 15 is 0 Å². The van der Waals surface area contributed by atoms with Crippen LogP contribution < -0.4 is 10.6 Å². The Balaban J connectivity index is 0.00000182. The zero-order valence-electron chi connectivity index (χ0n) is 15.9. The Kier molecular flexibility index (Phi) is 10.3. The van der Waals surface area contributed by atoms with Crippen LogP contribution in [0.3, 0.4) is 0 Å². The fourth-order valence-electron chi connectivity index (χ4n) is 3.57. The van der Waals surface area contributed by atoms with Crippen molar-refractivity contribution in [2.24, 2.45) is 5.73 Å². The first-order chi connectivity index (χ1) is 12.2. The maximum Gasteiger partial charge on any atom is 0.222 e. The van der Waals surface area contributed by atoms with E-state index in [1.54, 1.807) is 0 Å². The van der Waals surface area contributed by atoms with Crippen LogP contribution >= 0.6 is 24.8 Å². The number of morpholine rings is 1. The molecule has 2 N–H and O–H groups in total. The molecule has 0 radical (unpaired) electrons. The van der Waals surface area contributed by atoms with Gasteiger partial charge in [0.05, 0.1) is 13.2 Å². The van der Waals surface area contributed by atoms with Crippen molar-refractivity contribution in [3.63, 3.8) is 0 Å². The van der Waals surface area contributed by atoms with E-state index < -0.39 is 0 Å². The lowest BCUT2D eigenvalue weighted by Crippen LogP contribution is -2.38. The smallest absolute Gasteiger partial charge is 0.222 e. The van der Waals surface area contributed by atoms with Gasteiger partial charge < -0.3 is 20.3 Å². The Bertz CT molecular complexity index is 591. The highest BCUT2D eigenvalue weighted by molar-refractivity contribution is 5.85. The zero-order valence-corrected chi connectivity index (χ0v) is 17.6. The van der Waals surface area contributed by atoms with Crippen molar-refractivity contribution in [2.45, 2.75) is 38.5 Å². The van der Waals surface area contributed by atoms with E-state index in [-0.39, 0.29) is 30.7 Å². The Morgan fingerprint density at radius 2 is 1.85 bits per heavy atom. The molecular formula is C18H31Cl2N5O2. The van der Waals surface area contributed by atoms with Gasteiger partial charge in [0, 0.05) is 50.3 Å². The molecule has 1 aromatic heterocycles. The van der Waals surface area contributed by atoms with Gasteiger partial charge >= 0.3 is 0 Å². The molecule has 3 rings (SSSR count). The van der Waals surface area contributed by atoms with Gasteiger partial charge in [-0.15, -0.1) is 24.8 Å². The molecule has 1 aromatic rings. The number of hydrogen-bond donors (Lipinski definition) is 1. The van der Waals surface area contributed by atoms with E-state index in [1.165, 1.54) is 0 Å². The second kappa shape index (κ2) is 11.6. The SMILES string of the molecule is Cc1nc(C2CCN(C(=O)CCCN)CC2)cc(N2CCOCC2)n1.Cl.Cl. The molecule has 0 unspecified atom stereocenters. The van der Waals surface area contributed by atoms with Gasteiger partial charge in [0.15, 0.2) is 0 Å². The first-order valence-corrected chi connectivity index (χ1v) is 9.33. The topological polar surface area (TPSA) is 84.6 Å². The molecule has 0 bridgehead atoms. The number of likely N-dealkylation sites (tertiary alicyclic amines) is 1. The molecule has 2 aliphatic heterocycles. The lowest BCUT2D eigenvalue weighted by Gasteiger charge is -2.33. The molecule has 154 valence electrons. The molecule has 2 aliphatic rings. The molecular weight excluding hydrogens is 389 g/mol. The number of ether oxygens (including phenoxy) is 1. The van der Waals surface area contributed by atoms with Crippen LogP contribution in [0.4, 0.5) is 5.82 Å². The van der Waals surface area contributed by atoms with Crippen molar-refractivity contribution in [3.05, 3.63) is 17.6 Å². The van der Waals surface area contributed by atoms with Gasteiger partial charge in [-0.25, -0.2) is 9.97 Å². The van der Waals surface area contributed by atoms with E-state index in [9.17, 15) is 4.79 Å². The molecule has 27 heavy (non-hydrogen) atoms. The number of amides is 1. The third-order valence-corrected chi connectivity index (χ3v) is 5.04. The van der Waals surface area contributed by atoms with Crippen LogP contribution in [-0.4, -0.2) is 66.7 Å². The van der Waals surface area contributed by atoms with Crippen molar-refractivity contribution in [3.8, 4) is 0 Å². The minimum Gasteiger partial charge on any atom is -0.378 e. The van der Waals surface area contributed by atoms with E-state index in [4.69, 9.17) is 10.5 Å². The maximum atomic E-state index is 12.1. The van der Waals surface area contributed by atoms with E-state index in [1.807, 2.05) is 11.8 Å². The molecule has 2 fully saturated rings. The molecule has 0 aromatic carbocycles. The summed E-state index contributed by atoms with van der Waals surface area (Å²) < 4.78 is 5.43. The van der Waals surface area contributed by atoms with Crippen molar-refractivity contribution < 1.29 is 9.53 Å². The van der Waals surface area contributed by atoms with Gasteiger partial charge in [-0.2, -0.15) is 0 Å². The fourth-order valence-corrected chi connectivity index (χ4v) is 3.57. The van der Waals surface area contributed by atoms with E-state index in [0.717, 1.165) is 76.0 Å². The second-order valence-corrected chi connectivity index (χ2v) is 6.84. The summed E-state index contributed by atoms with van der Waals surface area (Å²) in [5.41, 5.74) is 6.61. The Morgan fingerprint density at radius 3 is 2.48 bits per heavy atom. The average Bonchev–Trinajstić information content (AvgIpc) is 2.66. The average molecular weight is 420 g/mol. The van der Waals surface area contributed by atoms with Crippen LogP contribution in [0.25, 0.3) is 0 Å². The van der Waals surface area contributed by atoms with Crippen molar-refractivity contribution in [1.29, 1.82) is 0 Å². The molecule has 0 atom stereocenters. The van der Waals surface area contributed by atoms with Crippen LogP contribution in [0, 0.1) is 6.92 Å². The quantitative estimate of drug-likeness (QED) is 0.784. The van der Waals surface area contributed by atoms with Gasteiger partial charge in [-0.3, -0.25) is 4.79 Å². The summed E-state index contributed by atoms with van der Waals surface area (Å²) in [6, 6.07) is 2.13. The Morgan fingerprint density at radius 1 is 1.19 bits per heavy atom. The highest BCUT2D eigenvalue weighted by atomic mass is 35.5. The van der Waals surface area contributed by atoms with Crippen LogP contribution in [0.2, 0.25) is 0 Å². The first kappa shape index (κ1) is 23.9. The van der Waals surface area contributed by atoms with Gasteiger partial charge in [0.2, 0.25) is 5.91 Å². The number of piperidine rings is 1. The number of rotatable bonds is 5. The van der Waals surface area contributed by atoms with Gasteiger partial charge in [0.25, 0.3) is 0 Å². The van der Waals surface area contributed by atoms with Gasteiger partial charge in [-0.1, -0.05) is 0 Å². The first-order valence-electron chi connectivity index (χ1n) is 9.33. The lowest BCUT2D eigenvalue weighted by molar-refractivity contribution is -0.132. The van der Waals surface area contributed by atoms with Gasteiger partial charge in [-0.05, 0) is 32.7 Å². The number of carbonyl (C=O) groups is 1. The van der Waals surface area contributed by atoms with Crippen LogP contribution in [0.5, 0.6) is 0 Å². The number of halogens is 2. The van der Waals surface area contributed by atoms with Crippen molar-refractivity contribution in [2.75, 3.05) is 50.8 Å². The van der Waals surface area contributed by atoms with Crippen LogP contribution in [-0.2, 0) is 9.53 Å². The highest BCUT2D eigenvalue weighted by Gasteiger charge is 2.25. The maximum absolute atomic E-state index is 12.1. The summed E-state index contributed by atoms with van der Waals surface area (Å²) in [6.07, 6.45) is 3.27. The molecule has 3 heterocycles. The number of carbonyl (C=O) groups excluding carboxylic acids is 1. The Labute approximate surface area is 173 Å². The monoisotopic (exact) mass is 419 g/mol. The second-order valence-electron chi connectivity index (χ2n) is 6.84. The minimum atomic E-state index is 0. The molecule has 1 amide bonds. The van der Waals surface area contributed by atoms with E-state index in [0.29, 0.717) is 18.9 Å². The summed E-state index contributed by atoms with van der Waals surface area (Å²) in [5, 5.41) is 0. The normalized spacial score (nSPS) is 17.9. The molecule has 9 heteroatoms. The largest absolute Gasteiger partial charge is 0.378 e. The van der Waals surface area contributed by atoms with Gasteiger partial charge in [0.1, 0.15) is 11.6 Å². The summed E-state index contributed by atoms with van der Waals surface area (Å²) in [7, 11) is 0. The number of aryl methyl sites for hydroxylation is 1. The Hall–Kier alpha value is -1.15. The third kappa shape index (κ3) is 6.45. The number of hydrogen-bond acceptors (Lipinski definition) is 6. The summed E-state index contributed by atoms with van der Waals surface area (Å²) in [6.45, 7) is 7.41. The summed E-state index contributed by atoms with van der Waals surface area (Å²) in [4.78, 5) is 25.7. The van der Waals surface area contributed by atoms with Crippen LogP contribution in [0.15, 0.2) is 6.07 Å².